The first-order chi connectivity index (χ1) is 7.27. The summed E-state index contributed by atoms with van der Waals surface area (Å²) in [7, 11) is 0. The van der Waals surface area contributed by atoms with Crippen molar-refractivity contribution in [2.45, 2.75) is 19.1 Å². The molecule has 1 aliphatic heterocycles. The Morgan fingerprint density at radius 2 is 2.60 bits per heavy atom. The van der Waals surface area contributed by atoms with E-state index in [1.807, 2.05) is 0 Å². The quantitative estimate of drug-likeness (QED) is 0.853. The summed E-state index contributed by atoms with van der Waals surface area (Å²) in [6, 6.07) is 1.80. The van der Waals surface area contributed by atoms with Crippen LogP contribution in [0.15, 0.2) is 11.4 Å². The number of carboxylic acids is 1. The lowest BCUT2D eigenvalue weighted by molar-refractivity contribution is 0.0311. The second kappa shape index (κ2) is 4.74. The van der Waals surface area contributed by atoms with E-state index in [0.29, 0.717) is 18.1 Å². The van der Waals surface area contributed by atoms with Crippen LogP contribution in [0.5, 0.6) is 0 Å². The Morgan fingerprint density at radius 1 is 1.73 bits per heavy atom. The maximum Gasteiger partial charge on any atom is 0.346 e. The summed E-state index contributed by atoms with van der Waals surface area (Å²) in [6.45, 7) is 1.71. The maximum atomic E-state index is 10.8. The minimum atomic E-state index is -0.883. The molecule has 1 unspecified atom stereocenters. The lowest BCUT2D eigenvalue weighted by Gasteiger charge is -2.08. The number of ether oxygens (including phenoxy) is 2. The molecule has 0 aromatic carbocycles. The number of aromatic carboxylic acids is 1. The molecule has 4 nitrogen and oxygen atoms in total. The van der Waals surface area contributed by atoms with Gasteiger partial charge in [-0.25, -0.2) is 4.79 Å². The minimum absolute atomic E-state index is 0.117. The van der Waals surface area contributed by atoms with Crippen LogP contribution in [0, 0.1) is 0 Å². The van der Waals surface area contributed by atoms with Gasteiger partial charge in [0.1, 0.15) is 4.88 Å². The van der Waals surface area contributed by atoms with Crippen LogP contribution in [-0.2, 0) is 16.1 Å². The SMILES string of the molecule is O=C(O)c1sccc1COC1CCOC1. The second-order valence-electron chi connectivity index (χ2n) is 3.38. The molecule has 0 radical (unpaired) electrons. The van der Waals surface area contributed by atoms with Crippen LogP contribution >= 0.6 is 11.3 Å². The molecule has 2 heterocycles. The Morgan fingerprint density at radius 3 is 3.27 bits per heavy atom. The van der Waals surface area contributed by atoms with Crippen molar-refractivity contribution in [1.29, 1.82) is 0 Å². The number of carboxylic acid groups (broad SMARTS) is 1. The van der Waals surface area contributed by atoms with Gasteiger partial charge in [0.2, 0.25) is 0 Å². The summed E-state index contributed by atoms with van der Waals surface area (Å²) in [5.41, 5.74) is 0.749. The zero-order valence-electron chi connectivity index (χ0n) is 8.14. The average molecular weight is 228 g/mol. The highest BCUT2D eigenvalue weighted by molar-refractivity contribution is 7.12. The molecule has 1 aliphatic rings. The minimum Gasteiger partial charge on any atom is -0.477 e. The first-order valence-corrected chi connectivity index (χ1v) is 5.64. The first-order valence-electron chi connectivity index (χ1n) is 4.76. The molecule has 1 aromatic rings. The van der Waals surface area contributed by atoms with Gasteiger partial charge in [-0.05, 0) is 17.9 Å². The summed E-state index contributed by atoms with van der Waals surface area (Å²) in [4.78, 5) is 11.2. The predicted octanol–water partition coefficient (Wildman–Crippen LogP) is 1.75. The zero-order valence-corrected chi connectivity index (χ0v) is 8.96. The third-order valence-electron chi connectivity index (χ3n) is 2.30. The number of hydrogen-bond acceptors (Lipinski definition) is 4. The largest absolute Gasteiger partial charge is 0.477 e. The highest BCUT2D eigenvalue weighted by atomic mass is 32.1. The van der Waals surface area contributed by atoms with Gasteiger partial charge in [-0.1, -0.05) is 0 Å². The van der Waals surface area contributed by atoms with Crippen LogP contribution < -0.4 is 0 Å². The Kier molecular flexibility index (Phi) is 3.35. The molecule has 0 amide bonds. The number of thiophene rings is 1. The van der Waals surface area contributed by atoms with Gasteiger partial charge in [-0.2, -0.15) is 0 Å². The molecule has 82 valence electrons. The highest BCUT2D eigenvalue weighted by Crippen LogP contribution is 2.19. The van der Waals surface area contributed by atoms with Crippen molar-refractivity contribution in [3.63, 3.8) is 0 Å². The average Bonchev–Trinajstić information content (AvgIpc) is 2.86. The van der Waals surface area contributed by atoms with Crippen LogP contribution in [0.4, 0.5) is 0 Å². The van der Waals surface area contributed by atoms with Crippen molar-refractivity contribution in [2.24, 2.45) is 0 Å². The van der Waals surface area contributed by atoms with Gasteiger partial charge < -0.3 is 14.6 Å². The molecule has 0 saturated carbocycles. The molecule has 1 aromatic heterocycles. The highest BCUT2D eigenvalue weighted by Gasteiger charge is 2.18. The van der Waals surface area contributed by atoms with E-state index >= 15 is 0 Å². The normalized spacial score (nSPS) is 20.7. The third-order valence-corrected chi connectivity index (χ3v) is 3.25. The van der Waals surface area contributed by atoms with Crippen molar-refractivity contribution in [3.05, 3.63) is 21.9 Å². The molecule has 5 heteroatoms. The molecule has 0 spiro atoms. The molecular formula is C10H12O4S. The van der Waals surface area contributed by atoms with Gasteiger partial charge in [0.25, 0.3) is 0 Å². The van der Waals surface area contributed by atoms with Crippen LogP contribution in [0.3, 0.4) is 0 Å². The Bertz CT molecular complexity index is 341. The van der Waals surface area contributed by atoms with Gasteiger partial charge in [0.15, 0.2) is 0 Å². The van der Waals surface area contributed by atoms with E-state index in [-0.39, 0.29) is 6.10 Å². The van der Waals surface area contributed by atoms with Crippen molar-refractivity contribution in [3.8, 4) is 0 Å². The van der Waals surface area contributed by atoms with E-state index in [4.69, 9.17) is 14.6 Å². The molecule has 2 rings (SSSR count). The van der Waals surface area contributed by atoms with Gasteiger partial charge in [-0.3, -0.25) is 0 Å². The molecule has 1 atom stereocenters. The fourth-order valence-electron chi connectivity index (χ4n) is 1.49. The molecule has 0 bridgehead atoms. The molecule has 0 aliphatic carbocycles. The van der Waals surface area contributed by atoms with Crippen molar-refractivity contribution in [2.75, 3.05) is 13.2 Å². The van der Waals surface area contributed by atoms with Gasteiger partial charge >= 0.3 is 5.97 Å². The Balaban J connectivity index is 1.92. The second-order valence-corrected chi connectivity index (χ2v) is 4.29. The van der Waals surface area contributed by atoms with E-state index < -0.39 is 5.97 Å². The van der Waals surface area contributed by atoms with E-state index in [1.165, 1.54) is 11.3 Å². The summed E-state index contributed by atoms with van der Waals surface area (Å²) in [5, 5.41) is 10.6. The lowest BCUT2D eigenvalue weighted by atomic mass is 10.2. The zero-order chi connectivity index (χ0) is 10.7. The van der Waals surface area contributed by atoms with E-state index in [9.17, 15) is 4.79 Å². The molecule has 1 N–H and O–H groups in total. The van der Waals surface area contributed by atoms with E-state index in [0.717, 1.165) is 18.6 Å². The van der Waals surface area contributed by atoms with Crippen LogP contribution in [-0.4, -0.2) is 30.4 Å². The molecular weight excluding hydrogens is 216 g/mol. The van der Waals surface area contributed by atoms with Crippen LogP contribution in [0.2, 0.25) is 0 Å². The topological polar surface area (TPSA) is 55.8 Å². The molecule has 1 saturated heterocycles. The maximum absolute atomic E-state index is 10.8. The summed E-state index contributed by atoms with van der Waals surface area (Å²) in [6.07, 6.45) is 1.01. The van der Waals surface area contributed by atoms with Crippen LogP contribution in [0.25, 0.3) is 0 Å². The summed E-state index contributed by atoms with van der Waals surface area (Å²) in [5.74, 6) is -0.883. The molecule has 15 heavy (non-hydrogen) atoms. The van der Waals surface area contributed by atoms with Gasteiger partial charge in [0, 0.05) is 12.2 Å². The van der Waals surface area contributed by atoms with Crippen molar-refractivity contribution in [1.82, 2.24) is 0 Å². The lowest BCUT2D eigenvalue weighted by Crippen LogP contribution is -2.12. The summed E-state index contributed by atoms with van der Waals surface area (Å²) < 4.78 is 10.7. The fourth-order valence-corrected chi connectivity index (χ4v) is 2.24. The fraction of sp³-hybridized carbons (Fsp3) is 0.500. The number of rotatable bonds is 4. The standard InChI is InChI=1S/C10H12O4S/c11-10(12)9-7(2-4-15-9)5-14-8-1-3-13-6-8/h2,4,8H,1,3,5-6H2,(H,11,12). The van der Waals surface area contributed by atoms with Crippen LogP contribution in [0.1, 0.15) is 21.7 Å². The van der Waals surface area contributed by atoms with Gasteiger partial charge in [-0.15, -0.1) is 11.3 Å². The van der Waals surface area contributed by atoms with Gasteiger partial charge in [0.05, 0.1) is 19.3 Å². The van der Waals surface area contributed by atoms with E-state index in [1.54, 1.807) is 11.4 Å². The summed E-state index contributed by atoms with van der Waals surface area (Å²) >= 11 is 1.23. The van der Waals surface area contributed by atoms with Crippen molar-refractivity contribution < 1.29 is 19.4 Å². The first kappa shape index (κ1) is 10.6. The smallest absolute Gasteiger partial charge is 0.346 e. The number of hydrogen-bond donors (Lipinski definition) is 1. The molecule has 1 fully saturated rings. The van der Waals surface area contributed by atoms with E-state index in [2.05, 4.69) is 0 Å². The third kappa shape index (κ3) is 2.56. The monoisotopic (exact) mass is 228 g/mol. The van der Waals surface area contributed by atoms with Crippen molar-refractivity contribution >= 4 is 17.3 Å². The predicted molar refractivity (Wildman–Crippen MR) is 55.3 cm³/mol. The number of carbonyl (C=O) groups is 1. The Hall–Kier alpha value is -0.910. The Labute approximate surface area is 91.4 Å².